The molecule has 0 spiro atoms. The van der Waals surface area contributed by atoms with Gasteiger partial charge in [0, 0.05) is 42.5 Å². The first-order valence-corrected chi connectivity index (χ1v) is 8.84. The fourth-order valence-electron chi connectivity index (χ4n) is 2.70. The molecule has 3 rings (SSSR count). The highest BCUT2D eigenvalue weighted by atomic mass is 35.5. The zero-order valence-electron chi connectivity index (χ0n) is 12.5. The van der Waals surface area contributed by atoms with Crippen LogP contribution in [-0.2, 0) is 4.79 Å². The summed E-state index contributed by atoms with van der Waals surface area (Å²) in [7, 11) is 0. The Kier molecular flexibility index (Phi) is 6.59. The summed E-state index contributed by atoms with van der Waals surface area (Å²) in [6.45, 7) is 3.05. The van der Waals surface area contributed by atoms with Crippen molar-refractivity contribution in [1.82, 2.24) is 15.1 Å². The number of halogens is 2. The van der Waals surface area contributed by atoms with Crippen LogP contribution in [0.2, 0.25) is 5.02 Å². The predicted octanol–water partition coefficient (Wildman–Crippen LogP) is 1.71. The molecule has 1 aromatic carbocycles. The number of thioether (sulfide) groups is 1. The monoisotopic (exact) mass is 375 g/mol. The number of hydrogen-bond acceptors (Lipinski definition) is 4. The average molecular weight is 376 g/mol. The quantitative estimate of drug-likeness (QED) is 0.854. The fraction of sp³-hybridized carbons (Fsp3) is 0.467. The van der Waals surface area contributed by atoms with Gasteiger partial charge in [-0.1, -0.05) is 11.6 Å². The summed E-state index contributed by atoms with van der Waals surface area (Å²) in [5.74, 6) is 1.19. The molecule has 0 bridgehead atoms. The average Bonchev–Trinajstić information content (AvgIpc) is 3.04. The molecule has 5 nitrogen and oxygen atoms in total. The van der Waals surface area contributed by atoms with Crippen molar-refractivity contribution < 1.29 is 9.59 Å². The van der Waals surface area contributed by atoms with Gasteiger partial charge in [0.15, 0.2) is 0 Å². The number of hydrogen-bond donors (Lipinski definition) is 1. The number of carbonyl (C=O) groups excluding carboxylic acids is 2. The summed E-state index contributed by atoms with van der Waals surface area (Å²) in [5.41, 5.74) is 0.574. The lowest BCUT2D eigenvalue weighted by Gasteiger charge is -2.32. The summed E-state index contributed by atoms with van der Waals surface area (Å²) in [6, 6.07) is 6.46. The molecule has 2 fully saturated rings. The summed E-state index contributed by atoms with van der Waals surface area (Å²) >= 11 is 7.49. The van der Waals surface area contributed by atoms with E-state index in [2.05, 4.69) is 5.32 Å². The third-order valence-corrected chi connectivity index (χ3v) is 5.21. The van der Waals surface area contributed by atoms with Crippen molar-refractivity contribution in [2.45, 2.75) is 6.04 Å². The zero-order valence-corrected chi connectivity index (χ0v) is 14.9. The van der Waals surface area contributed by atoms with Gasteiger partial charge in [0.05, 0.1) is 5.88 Å². The Bertz CT molecular complexity index is 564. The van der Waals surface area contributed by atoms with E-state index in [9.17, 15) is 9.59 Å². The second-order valence-electron chi connectivity index (χ2n) is 5.37. The van der Waals surface area contributed by atoms with Crippen LogP contribution in [0.1, 0.15) is 10.4 Å². The van der Waals surface area contributed by atoms with Crippen molar-refractivity contribution in [3.8, 4) is 0 Å². The van der Waals surface area contributed by atoms with Gasteiger partial charge in [0.25, 0.3) is 5.91 Å². The first-order chi connectivity index (χ1) is 10.7. The summed E-state index contributed by atoms with van der Waals surface area (Å²) in [6.07, 6.45) is 0. The molecule has 2 amide bonds. The van der Waals surface area contributed by atoms with Crippen molar-refractivity contribution >= 4 is 47.6 Å². The Morgan fingerprint density at radius 1 is 1.17 bits per heavy atom. The van der Waals surface area contributed by atoms with Crippen molar-refractivity contribution in [2.75, 3.05) is 37.8 Å². The molecular weight excluding hydrogens is 357 g/mol. The molecule has 2 saturated heterocycles. The Hall–Kier alpha value is -0.950. The van der Waals surface area contributed by atoms with Gasteiger partial charge in [-0.25, -0.2) is 0 Å². The third-order valence-electron chi connectivity index (χ3n) is 3.95. The van der Waals surface area contributed by atoms with Gasteiger partial charge >= 0.3 is 0 Å². The first-order valence-electron chi connectivity index (χ1n) is 7.30. The Morgan fingerprint density at radius 3 is 2.48 bits per heavy atom. The van der Waals surface area contributed by atoms with Crippen LogP contribution < -0.4 is 5.32 Å². The molecular formula is C15H19Cl2N3O2S. The molecule has 2 aliphatic heterocycles. The van der Waals surface area contributed by atoms with E-state index in [1.54, 1.807) is 40.9 Å². The number of benzene rings is 1. The summed E-state index contributed by atoms with van der Waals surface area (Å²) in [4.78, 5) is 28.8. The van der Waals surface area contributed by atoms with Gasteiger partial charge < -0.3 is 15.1 Å². The SMILES string of the molecule is Cl.O=C(C1CSCN1C(=O)c1ccc(Cl)cc1)N1CCNCC1. The van der Waals surface area contributed by atoms with E-state index in [0.29, 0.717) is 35.3 Å². The minimum absolute atomic E-state index is 0. The number of nitrogens with zero attached hydrogens (tertiary/aromatic N) is 2. The maximum Gasteiger partial charge on any atom is 0.255 e. The van der Waals surface area contributed by atoms with E-state index in [4.69, 9.17) is 11.6 Å². The molecule has 1 atom stereocenters. The lowest BCUT2D eigenvalue weighted by Crippen LogP contribution is -2.54. The highest BCUT2D eigenvalue weighted by Gasteiger charge is 2.37. The van der Waals surface area contributed by atoms with Crippen LogP contribution in [-0.4, -0.2) is 65.5 Å². The van der Waals surface area contributed by atoms with Gasteiger partial charge in [-0.05, 0) is 24.3 Å². The Morgan fingerprint density at radius 2 is 1.83 bits per heavy atom. The van der Waals surface area contributed by atoms with Crippen LogP contribution in [0, 0.1) is 0 Å². The molecule has 0 aromatic heterocycles. The number of nitrogens with one attached hydrogen (secondary N) is 1. The Balaban J connectivity index is 0.00000192. The van der Waals surface area contributed by atoms with E-state index in [1.807, 2.05) is 4.90 Å². The molecule has 23 heavy (non-hydrogen) atoms. The molecule has 1 aromatic rings. The molecule has 1 unspecified atom stereocenters. The number of rotatable bonds is 2. The van der Waals surface area contributed by atoms with Crippen LogP contribution >= 0.6 is 35.8 Å². The van der Waals surface area contributed by atoms with E-state index in [-0.39, 0.29) is 30.3 Å². The molecule has 2 aliphatic rings. The van der Waals surface area contributed by atoms with E-state index in [0.717, 1.165) is 13.1 Å². The van der Waals surface area contributed by atoms with Crippen molar-refractivity contribution in [3.05, 3.63) is 34.9 Å². The molecule has 0 saturated carbocycles. The zero-order chi connectivity index (χ0) is 15.5. The molecule has 0 radical (unpaired) electrons. The smallest absolute Gasteiger partial charge is 0.255 e. The van der Waals surface area contributed by atoms with Gasteiger partial charge in [0.1, 0.15) is 6.04 Å². The lowest BCUT2D eigenvalue weighted by molar-refractivity contribution is -0.135. The number of carbonyl (C=O) groups is 2. The molecule has 2 heterocycles. The predicted molar refractivity (Wildman–Crippen MR) is 95.4 cm³/mol. The Labute approximate surface area is 151 Å². The number of piperazine rings is 1. The van der Waals surface area contributed by atoms with E-state index < -0.39 is 0 Å². The number of amides is 2. The van der Waals surface area contributed by atoms with Crippen LogP contribution in [0.3, 0.4) is 0 Å². The molecule has 8 heteroatoms. The van der Waals surface area contributed by atoms with E-state index >= 15 is 0 Å². The van der Waals surface area contributed by atoms with Crippen LogP contribution in [0.5, 0.6) is 0 Å². The van der Waals surface area contributed by atoms with E-state index in [1.165, 1.54) is 0 Å². The van der Waals surface area contributed by atoms with Gasteiger partial charge in [-0.2, -0.15) is 0 Å². The minimum Gasteiger partial charge on any atom is -0.338 e. The second-order valence-corrected chi connectivity index (χ2v) is 6.81. The van der Waals surface area contributed by atoms with Gasteiger partial charge in [-0.3, -0.25) is 9.59 Å². The van der Waals surface area contributed by atoms with Crippen LogP contribution in [0.4, 0.5) is 0 Å². The largest absolute Gasteiger partial charge is 0.338 e. The lowest BCUT2D eigenvalue weighted by atomic mass is 10.1. The maximum absolute atomic E-state index is 12.7. The molecule has 0 aliphatic carbocycles. The third kappa shape index (κ3) is 4.12. The topological polar surface area (TPSA) is 52.7 Å². The summed E-state index contributed by atoms with van der Waals surface area (Å²) < 4.78 is 0. The van der Waals surface area contributed by atoms with Crippen molar-refractivity contribution in [1.29, 1.82) is 0 Å². The fourth-order valence-corrected chi connectivity index (χ4v) is 3.97. The highest BCUT2D eigenvalue weighted by Crippen LogP contribution is 2.25. The summed E-state index contributed by atoms with van der Waals surface area (Å²) in [5, 5.41) is 3.83. The second kappa shape index (κ2) is 8.24. The molecule has 126 valence electrons. The maximum atomic E-state index is 12.7. The van der Waals surface area contributed by atoms with Gasteiger partial charge in [0.2, 0.25) is 5.91 Å². The highest BCUT2D eigenvalue weighted by molar-refractivity contribution is 7.99. The van der Waals surface area contributed by atoms with Crippen LogP contribution in [0.25, 0.3) is 0 Å². The van der Waals surface area contributed by atoms with Crippen LogP contribution in [0.15, 0.2) is 24.3 Å². The standard InChI is InChI=1S/C15H18ClN3O2S.ClH/c16-12-3-1-11(2-4-12)14(20)19-10-22-9-13(19)15(21)18-7-5-17-6-8-18;/h1-4,13,17H,5-10H2;1H. The normalized spacial score (nSPS) is 21.0. The van der Waals surface area contributed by atoms with Gasteiger partial charge in [-0.15, -0.1) is 24.2 Å². The van der Waals surface area contributed by atoms with Crippen molar-refractivity contribution in [3.63, 3.8) is 0 Å². The van der Waals surface area contributed by atoms with Crippen molar-refractivity contribution in [2.24, 2.45) is 0 Å². The first kappa shape index (κ1) is 18.4. The molecule has 1 N–H and O–H groups in total. The minimum atomic E-state index is -0.355.